The summed E-state index contributed by atoms with van der Waals surface area (Å²) in [6, 6.07) is 24.0. The average molecular weight is 427 g/mol. The maximum absolute atomic E-state index is 13.5. The lowest BCUT2D eigenvalue weighted by Gasteiger charge is -2.26. The van der Waals surface area contributed by atoms with Gasteiger partial charge in [0, 0.05) is 11.4 Å². The highest BCUT2D eigenvalue weighted by Crippen LogP contribution is 2.37. The third-order valence-electron chi connectivity index (χ3n) is 5.62. The summed E-state index contributed by atoms with van der Waals surface area (Å²) in [5.41, 5.74) is 5.70. The lowest BCUT2D eigenvalue weighted by Crippen LogP contribution is -2.30. The van der Waals surface area contributed by atoms with Crippen LogP contribution in [0, 0.1) is 13.8 Å². The molecule has 0 aliphatic carbocycles. The Morgan fingerprint density at radius 1 is 0.938 bits per heavy atom. The van der Waals surface area contributed by atoms with E-state index in [1.54, 1.807) is 0 Å². The zero-order valence-electron chi connectivity index (χ0n) is 19.0. The lowest BCUT2D eigenvalue weighted by atomic mass is 10.1. The van der Waals surface area contributed by atoms with E-state index in [1.165, 1.54) is 0 Å². The lowest BCUT2D eigenvalue weighted by molar-refractivity contribution is -0.114. The zero-order valence-corrected chi connectivity index (χ0v) is 19.0. The number of nitrogens with zero attached hydrogens (tertiary/aromatic N) is 1. The van der Waals surface area contributed by atoms with Crippen LogP contribution in [0.3, 0.4) is 0 Å². The van der Waals surface area contributed by atoms with Gasteiger partial charge in [-0.1, -0.05) is 49.7 Å². The SMILES string of the molecule is CCCCOc1ccc([C@@H]2C=C(Nc3cccc(C)c3)C(=O)N2c2cccc(C)c2)cc1. The van der Waals surface area contributed by atoms with Gasteiger partial charge in [-0.15, -0.1) is 0 Å². The molecule has 1 aliphatic heterocycles. The first-order valence-corrected chi connectivity index (χ1v) is 11.2. The molecule has 0 spiro atoms. The van der Waals surface area contributed by atoms with Crippen LogP contribution >= 0.6 is 0 Å². The normalized spacial score (nSPS) is 15.6. The first-order chi connectivity index (χ1) is 15.5. The number of ether oxygens (including phenoxy) is 1. The first-order valence-electron chi connectivity index (χ1n) is 11.2. The van der Waals surface area contributed by atoms with Crippen molar-refractivity contribution in [3.63, 3.8) is 0 Å². The van der Waals surface area contributed by atoms with E-state index < -0.39 is 0 Å². The molecule has 1 atom stereocenters. The Balaban J connectivity index is 1.65. The fraction of sp³-hybridized carbons (Fsp3) is 0.250. The summed E-state index contributed by atoms with van der Waals surface area (Å²) >= 11 is 0. The van der Waals surface area contributed by atoms with Gasteiger partial charge in [0.2, 0.25) is 0 Å². The van der Waals surface area contributed by atoms with Crippen LogP contribution in [0.25, 0.3) is 0 Å². The Morgan fingerprint density at radius 2 is 1.66 bits per heavy atom. The van der Waals surface area contributed by atoms with Gasteiger partial charge in [0.1, 0.15) is 11.4 Å². The van der Waals surface area contributed by atoms with Crippen LogP contribution in [0.1, 0.15) is 42.5 Å². The van der Waals surface area contributed by atoms with Gasteiger partial charge in [0.25, 0.3) is 5.91 Å². The van der Waals surface area contributed by atoms with Gasteiger partial charge < -0.3 is 10.1 Å². The maximum Gasteiger partial charge on any atom is 0.275 e. The molecule has 0 bridgehead atoms. The summed E-state index contributed by atoms with van der Waals surface area (Å²) in [4.78, 5) is 15.4. The van der Waals surface area contributed by atoms with E-state index in [0.717, 1.165) is 53.3 Å². The van der Waals surface area contributed by atoms with Gasteiger partial charge in [-0.3, -0.25) is 9.69 Å². The van der Waals surface area contributed by atoms with Gasteiger partial charge in [0.05, 0.1) is 12.6 Å². The number of carbonyl (C=O) groups excluding carboxylic acids is 1. The summed E-state index contributed by atoms with van der Waals surface area (Å²) in [6.07, 6.45) is 4.16. The van der Waals surface area contributed by atoms with E-state index in [-0.39, 0.29) is 11.9 Å². The highest BCUT2D eigenvalue weighted by Gasteiger charge is 2.34. The van der Waals surface area contributed by atoms with Crippen molar-refractivity contribution in [1.82, 2.24) is 0 Å². The van der Waals surface area contributed by atoms with Crippen molar-refractivity contribution >= 4 is 17.3 Å². The highest BCUT2D eigenvalue weighted by molar-refractivity contribution is 6.11. The molecule has 3 aromatic rings. The largest absolute Gasteiger partial charge is 0.494 e. The summed E-state index contributed by atoms with van der Waals surface area (Å²) in [5, 5.41) is 3.34. The molecule has 32 heavy (non-hydrogen) atoms. The summed E-state index contributed by atoms with van der Waals surface area (Å²) < 4.78 is 5.82. The predicted octanol–water partition coefficient (Wildman–Crippen LogP) is 6.57. The molecule has 1 N–H and O–H groups in total. The third-order valence-corrected chi connectivity index (χ3v) is 5.62. The number of carbonyl (C=O) groups is 1. The molecular weight excluding hydrogens is 396 g/mol. The van der Waals surface area contributed by atoms with Gasteiger partial charge in [-0.05, 0) is 79.4 Å². The Bertz CT molecular complexity index is 1120. The van der Waals surface area contributed by atoms with E-state index in [2.05, 4.69) is 18.3 Å². The van der Waals surface area contributed by atoms with E-state index in [4.69, 9.17) is 4.74 Å². The molecule has 0 unspecified atom stereocenters. The second-order valence-electron chi connectivity index (χ2n) is 8.30. The van der Waals surface area contributed by atoms with Crippen molar-refractivity contribution < 1.29 is 9.53 Å². The van der Waals surface area contributed by atoms with Crippen molar-refractivity contribution in [2.75, 3.05) is 16.8 Å². The van der Waals surface area contributed by atoms with Crippen molar-refractivity contribution in [2.45, 2.75) is 39.7 Å². The van der Waals surface area contributed by atoms with E-state index in [1.807, 2.05) is 91.6 Å². The number of rotatable bonds is 8. The molecule has 4 rings (SSSR count). The number of benzene rings is 3. The molecule has 1 aliphatic rings. The van der Waals surface area contributed by atoms with E-state index >= 15 is 0 Å². The molecule has 0 aromatic heterocycles. The number of aryl methyl sites for hydroxylation is 2. The topological polar surface area (TPSA) is 41.6 Å². The number of amides is 1. The van der Waals surface area contributed by atoms with Gasteiger partial charge in [-0.25, -0.2) is 0 Å². The first kappa shape index (κ1) is 21.7. The second-order valence-corrected chi connectivity index (χ2v) is 8.30. The molecule has 1 heterocycles. The fourth-order valence-corrected chi connectivity index (χ4v) is 3.93. The number of hydrogen-bond acceptors (Lipinski definition) is 3. The fourth-order valence-electron chi connectivity index (χ4n) is 3.93. The van der Waals surface area contributed by atoms with Crippen molar-refractivity contribution in [3.05, 3.63) is 101 Å². The molecule has 0 fully saturated rings. The molecule has 164 valence electrons. The number of unbranched alkanes of at least 4 members (excludes halogenated alkanes) is 1. The van der Waals surface area contributed by atoms with Crippen molar-refractivity contribution in [2.24, 2.45) is 0 Å². The molecule has 1 amide bonds. The van der Waals surface area contributed by atoms with Gasteiger partial charge in [-0.2, -0.15) is 0 Å². The Labute approximate surface area is 190 Å². The Morgan fingerprint density at radius 3 is 2.34 bits per heavy atom. The summed E-state index contributed by atoms with van der Waals surface area (Å²) in [7, 11) is 0. The highest BCUT2D eigenvalue weighted by atomic mass is 16.5. The van der Waals surface area contributed by atoms with Crippen LogP contribution in [-0.4, -0.2) is 12.5 Å². The number of hydrogen-bond donors (Lipinski definition) is 1. The van der Waals surface area contributed by atoms with Crippen LogP contribution in [-0.2, 0) is 4.79 Å². The molecule has 4 nitrogen and oxygen atoms in total. The summed E-state index contributed by atoms with van der Waals surface area (Å²) in [6.45, 7) is 6.96. The molecule has 0 radical (unpaired) electrons. The standard InChI is InChI=1S/C28H30N2O2/c1-4-5-16-32-25-14-12-22(13-15-25)27-19-26(29-23-10-6-8-20(2)17-23)28(31)30(27)24-11-7-9-21(3)18-24/h6-15,17-19,27,29H,4-5,16H2,1-3H3/t27-/m0/s1. The third kappa shape index (κ3) is 4.86. The van der Waals surface area contributed by atoms with Crippen molar-refractivity contribution in [1.29, 1.82) is 0 Å². The van der Waals surface area contributed by atoms with Gasteiger partial charge in [0.15, 0.2) is 0 Å². The van der Waals surface area contributed by atoms with Crippen LogP contribution in [0.4, 0.5) is 11.4 Å². The van der Waals surface area contributed by atoms with Crippen molar-refractivity contribution in [3.8, 4) is 5.75 Å². The summed E-state index contributed by atoms with van der Waals surface area (Å²) in [5.74, 6) is 0.820. The predicted molar refractivity (Wildman–Crippen MR) is 131 cm³/mol. The Hall–Kier alpha value is -3.53. The minimum absolute atomic E-state index is 0.0367. The molecule has 0 saturated carbocycles. The molecule has 0 saturated heterocycles. The smallest absolute Gasteiger partial charge is 0.275 e. The van der Waals surface area contributed by atoms with Crippen LogP contribution < -0.4 is 15.0 Å². The van der Waals surface area contributed by atoms with Crippen LogP contribution in [0.15, 0.2) is 84.6 Å². The molecular formula is C28H30N2O2. The molecule has 4 heteroatoms. The number of anilines is 2. The second kappa shape index (κ2) is 9.73. The minimum Gasteiger partial charge on any atom is -0.494 e. The van der Waals surface area contributed by atoms with Gasteiger partial charge >= 0.3 is 0 Å². The minimum atomic E-state index is -0.193. The quantitative estimate of drug-likeness (QED) is 0.414. The zero-order chi connectivity index (χ0) is 22.5. The number of nitrogens with one attached hydrogen (secondary N) is 1. The monoisotopic (exact) mass is 426 g/mol. The van der Waals surface area contributed by atoms with Crippen LogP contribution in [0.5, 0.6) is 5.75 Å². The Kier molecular flexibility index (Phi) is 6.60. The maximum atomic E-state index is 13.5. The average Bonchev–Trinajstić information content (AvgIpc) is 3.10. The van der Waals surface area contributed by atoms with Crippen LogP contribution in [0.2, 0.25) is 0 Å². The van der Waals surface area contributed by atoms with E-state index in [0.29, 0.717) is 5.70 Å². The molecule has 3 aromatic carbocycles. The van der Waals surface area contributed by atoms with E-state index in [9.17, 15) is 4.79 Å².